The third-order valence-electron chi connectivity index (χ3n) is 3.56. The van der Waals surface area contributed by atoms with Crippen LogP contribution in [0.25, 0.3) is 0 Å². The van der Waals surface area contributed by atoms with Gasteiger partial charge in [0.15, 0.2) is 0 Å². The zero-order chi connectivity index (χ0) is 23.6. The van der Waals surface area contributed by atoms with E-state index < -0.39 is 0 Å². The van der Waals surface area contributed by atoms with Gasteiger partial charge in [-0.05, 0) is 59.8 Å². The number of pyridine rings is 1. The predicted molar refractivity (Wildman–Crippen MR) is 140 cm³/mol. The maximum Gasteiger partial charge on any atom is 0.0639 e. The summed E-state index contributed by atoms with van der Waals surface area (Å²) in [4.78, 5) is 4.63. The van der Waals surface area contributed by atoms with Crippen LogP contribution in [0.5, 0.6) is 0 Å². The Morgan fingerprint density at radius 2 is 1.10 bits per heavy atom. The molecule has 2 heteroatoms. The number of hydrogen-bond donors (Lipinski definition) is 0. The van der Waals surface area contributed by atoms with Crippen molar-refractivity contribution < 1.29 is 0 Å². The molecule has 0 aliphatic heterocycles. The Morgan fingerprint density at radius 1 is 0.667 bits per heavy atom. The highest BCUT2D eigenvalue weighted by atomic mass is 31.1. The fourth-order valence-electron chi connectivity index (χ4n) is 2.40. The normalized spacial score (nSPS) is 12.8. The van der Waals surface area contributed by atoms with Crippen molar-refractivity contribution in [2.75, 3.05) is 0 Å². The summed E-state index contributed by atoms with van der Waals surface area (Å²) < 4.78 is 0. The van der Waals surface area contributed by atoms with Crippen molar-refractivity contribution in [2.24, 2.45) is 10.8 Å². The van der Waals surface area contributed by atoms with Crippen molar-refractivity contribution in [3.8, 4) is 0 Å². The minimum absolute atomic E-state index is 0.268. The molecule has 0 aliphatic carbocycles. The van der Waals surface area contributed by atoms with E-state index >= 15 is 0 Å². The van der Waals surface area contributed by atoms with E-state index in [9.17, 15) is 0 Å². The van der Waals surface area contributed by atoms with Crippen LogP contribution in [0.2, 0.25) is 0 Å². The van der Waals surface area contributed by atoms with E-state index in [1.165, 1.54) is 16.6 Å². The van der Waals surface area contributed by atoms with Crippen LogP contribution in [0.1, 0.15) is 94.2 Å². The lowest BCUT2D eigenvalue weighted by Gasteiger charge is -2.31. The van der Waals surface area contributed by atoms with E-state index in [-0.39, 0.29) is 13.1 Å². The molecule has 170 valence electrons. The monoisotopic (exact) mass is 429 g/mol. The van der Waals surface area contributed by atoms with E-state index in [1.54, 1.807) is 0 Å². The van der Waals surface area contributed by atoms with E-state index in [0.29, 0.717) is 10.8 Å². The van der Waals surface area contributed by atoms with E-state index in [0.717, 1.165) is 12.6 Å². The van der Waals surface area contributed by atoms with Crippen molar-refractivity contribution in [3.05, 3.63) is 59.8 Å². The average Bonchev–Trinajstić information content (AvgIpc) is 2.57. The number of aryl methyl sites for hydroxylation is 1. The first kappa shape index (κ1) is 28.8. The lowest BCUT2D eigenvalue weighted by molar-refractivity contribution is 0.469. The molecule has 0 aliphatic rings. The molecule has 0 amide bonds. The summed E-state index contributed by atoms with van der Waals surface area (Å²) in [5.41, 5.74) is 5.22. The predicted octanol–water partition coefficient (Wildman–Crippen LogP) is 8.85. The third kappa shape index (κ3) is 15.6. The van der Waals surface area contributed by atoms with Gasteiger partial charge in [-0.3, -0.25) is 4.98 Å². The minimum atomic E-state index is -0.306. The maximum atomic E-state index is 4.63. The van der Waals surface area contributed by atoms with Crippen molar-refractivity contribution in [1.82, 2.24) is 4.98 Å². The van der Waals surface area contributed by atoms with Gasteiger partial charge in [0.1, 0.15) is 0 Å². The van der Waals surface area contributed by atoms with Gasteiger partial charge in [-0.25, -0.2) is 0 Å². The average molecular weight is 430 g/mol. The summed E-state index contributed by atoms with van der Waals surface area (Å²) in [6.07, 6.45) is 4.15. The Labute approximate surface area is 189 Å². The summed E-state index contributed by atoms with van der Waals surface area (Å²) in [7, 11) is -0.306. The van der Waals surface area contributed by atoms with E-state index in [2.05, 4.69) is 124 Å². The van der Waals surface area contributed by atoms with Crippen molar-refractivity contribution in [1.29, 1.82) is 0 Å². The molecule has 0 N–H and O–H groups in total. The highest BCUT2D eigenvalue weighted by molar-refractivity contribution is 7.66. The number of rotatable bonds is 4. The van der Waals surface area contributed by atoms with Gasteiger partial charge in [-0.2, -0.15) is 0 Å². The summed E-state index contributed by atoms with van der Waals surface area (Å²) in [5, 5.41) is 0.268. The zero-order valence-corrected chi connectivity index (χ0v) is 22.8. The molecule has 2 rings (SSSR count). The number of hydrogen-bond acceptors (Lipinski definition) is 1. The van der Waals surface area contributed by atoms with Crippen LogP contribution >= 0.6 is 7.92 Å². The third-order valence-corrected chi connectivity index (χ3v) is 6.66. The number of nitrogens with zero attached hydrogens (tertiary/aromatic N) is 1. The first-order valence-electron chi connectivity index (χ1n) is 11.3. The summed E-state index contributed by atoms with van der Waals surface area (Å²) in [5.74, 6) is 0. The molecule has 30 heavy (non-hydrogen) atoms. The second-order valence-corrected chi connectivity index (χ2v) is 15.0. The van der Waals surface area contributed by atoms with Gasteiger partial charge in [0.2, 0.25) is 0 Å². The molecule has 0 spiro atoms. The molecule has 1 unspecified atom stereocenters. The molecule has 0 fully saturated rings. The van der Waals surface area contributed by atoms with Gasteiger partial charge in [0, 0.05) is 6.20 Å². The smallest absolute Gasteiger partial charge is 0.0639 e. The largest absolute Gasteiger partial charge is 0.257 e. The zero-order valence-electron chi connectivity index (χ0n) is 21.9. The van der Waals surface area contributed by atoms with Gasteiger partial charge in [0.25, 0.3) is 0 Å². The highest BCUT2D eigenvalue weighted by Gasteiger charge is 2.27. The van der Waals surface area contributed by atoms with Crippen LogP contribution in [0.4, 0.5) is 0 Å². The lowest BCUT2D eigenvalue weighted by atomic mass is 10.0. The van der Waals surface area contributed by atoms with Gasteiger partial charge in [0.05, 0.1) is 5.44 Å². The first-order chi connectivity index (χ1) is 13.5. The molecule has 1 aromatic carbocycles. The van der Waals surface area contributed by atoms with Crippen LogP contribution in [-0.4, -0.2) is 10.1 Å². The van der Waals surface area contributed by atoms with Crippen molar-refractivity contribution in [3.63, 3.8) is 0 Å². The quantitative estimate of drug-likeness (QED) is 0.442. The van der Waals surface area contributed by atoms with Crippen molar-refractivity contribution in [2.45, 2.75) is 101 Å². The standard InChI is InChI=1S/C18H24NP.2C5H12/c1-5-15-10-6-7-11-16(15)14-20(18(2,3)4)17-12-8-9-13-19-17;2*1-5(2,3)4/h6-13H,5,14H2,1-4H3;2*1-4H3. The summed E-state index contributed by atoms with van der Waals surface area (Å²) in [6.45, 7) is 26.7. The molecule has 2 aromatic rings. The Bertz CT molecular complexity index is 676. The van der Waals surface area contributed by atoms with Gasteiger partial charge < -0.3 is 0 Å². The first-order valence-corrected chi connectivity index (χ1v) is 12.8. The Balaban J connectivity index is 0.000000702. The number of aromatic nitrogens is 1. The molecular weight excluding hydrogens is 381 g/mol. The molecule has 0 saturated heterocycles. The Kier molecular flexibility index (Phi) is 12.1. The molecule has 0 bridgehead atoms. The SMILES string of the molecule is CC(C)(C)C.CC(C)(C)C.CCc1ccccc1CP(c1ccccn1)C(C)(C)C. The second-order valence-electron chi connectivity index (χ2n) is 12.1. The molecule has 1 heterocycles. The Hall–Kier alpha value is -1.20. The van der Waals surface area contributed by atoms with Gasteiger partial charge in [-0.15, -0.1) is 0 Å². The second kappa shape index (κ2) is 12.6. The van der Waals surface area contributed by atoms with Crippen molar-refractivity contribution >= 4 is 13.4 Å². The minimum Gasteiger partial charge on any atom is -0.257 e. The number of benzene rings is 1. The molecule has 1 atom stereocenters. The summed E-state index contributed by atoms with van der Waals surface area (Å²) >= 11 is 0. The van der Waals surface area contributed by atoms with Crippen LogP contribution in [-0.2, 0) is 12.6 Å². The molecule has 0 saturated carbocycles. The van der Waals surface area contributed by atoms with Crippen LogP contribution in [0, 0.1) is 10.8 Å². The van der Waals surface area contributed by atoms with E-state index in [1.807, 2.05) is 12.3 Å². The molecule has 0 radical (unpaired) electrons. The highest BCUT2D eigenvalue weighted by Crippen LogP contribution is 2.50. The van der Waals surface area contributed by atoms with E-state index in [4.69, 9.17) is 0 Å². The molecule has 1 aromatic heterocycles. The molecular formula is C28H48NP. The molecule has 1 nitrogen and oxygen atoms in total. The maximum absolute atomic E-state index is 4.63. The van der Waals surface area contributed by atoms with Crippen LogP contribution in [0.15, 0.2) is 48.7 Å². The van der Waals surface area contributed by atoms with Gasteiger partial charge >= 0.3 is 0 Å². The van der Waals surface area contributed by atoms with Crippen LogP contribution in [0.3, 0.4) is 0 Å². The topological polar surface area (TPSA) is 12.9 Å². The fourth-order valence-corrected chi connectivity index (χ4v) is 4.85. The van der Waals surface area contributed by atoms with Gasteiger partial charge in [-0.1, -0.05) is 113 Å². The Morgan fingerprint density at radius 3 is 1.47 bits per heavy atom. The lowest BCUT2D eigenvalue weighted by Crippen LogP contribution is -2.22. The van der Waals surface area contributed by atoms with Crippen LogP contribution < -0.4 is 5.44 Å². The summed E-state index contributed by atoms with van der Waals surface area (Å²) in [6, 6.07) is 15.1. The fraction of sp³-hybridized carbons (Fsp3) is 0.607.